The molecule has 110 valence electrons. The van der Waals surface area contributed by atoms with Crippen LogP contribution < -0.4 is 5.32 Å². The molecule has 2 saturated carbocycles. The van der Waals surface area contributed by atoms with Crippen molar-refractivity contribution in [1.82, 2.24) is 9.78 Å². The maximum absolute atomic E-state index is 12.3. The normalized spacial score (nSPS) is 29.1. The van der Waals surface area contributed by atoms with Crippen LogP contribution >= 0.6 is 23.2 Å². The third kappa shape index (κ3) is 2.33. The van der Waals surface area contributed by atoms with Crippen molar-refractivity contribution in [3.05, 3.63) is 12.3 Å². The molecule has 1 N–H and O–H groups in total. The molecule has 1 aromatic rings. The zero-order valence-electron chi connectivity index (χ0n) is 11.5. The molecule has 20 heavy (non-hydrogen) atoms. The van der Waals surface area contributed by atoms with Gasteiger partial charge >= 0.3 is 0 Å². The van der Waals surface area contributed by atoms with Crippen LogP contribution in [0, 0.1) is 5.41 Å². The van der Waals surface area contributed by atoms with Gasteiger partial charge in [-0.25, -0.2) is 4.68 Å². The third-order valence-electron chi connectivity index (χ3n) is 4.59. The second-order valence-corrected chi connectivity index (χ2v) is 7.60. The number of hydrogen-bond acceptors (Lipinski definition) is 2. The van der Waals surface area contributed by atoms with Gasteiger partial charge in [0.1, 0.15) is 10.2 Å². The second kappa shape index (κ2) is 4.92. The molecule has 0 radical (unpaired) electrons. The number of nitrogens with one attached hydrogen (secondary N) is 1. The van der Waals surface area contributed by atoms with Crippen molar-refractivity contribution in [3.8, 4) is 0 Å². The fourth-order valence-corrected chi connectivity index (χ4v) is 3.64. The Morgan fingerprint density at radius 3 is 2.65 bits per heavy atom. The minimum Gasteiger partial charge on any atom is -0.310 e. The van der Waals surface area contributed by atoms with Gasteiger partial charge in [-0.1, -0.05) is 19.3 Å². The van der Waals surface area contributed by atoms with Crippen LogP contribution in [0.1, 0.15) is 51.5 Å². The Balaban J connectivity index is 1.72. The van der Waals surface area contributed by atoms with Crippen LogP contribution in [-0.2, 0) is 4.79 Å². The minimum absolute atomic E-state index is 0.125. The average Bonchev–Trinajstić information content (AvgIpc) is 2.78. The standard InChI is InChI=1S/C14H19Cl2N3O/c1-13(9-14(13,15)16)12(20)18-11-7-8-17-19(11)10-5-3-2-4-6-10/h7-8,10H,2-6,9H2,1H3,(H,18,20). The number of carbonyl (C=O) groups is 1. The van der Waals surface area contributed by atoms with E-state index < -0.39 is 9.75 Å². The molecule has 1 atom stereocenters. The number of aromatic nitrogens is 2. The van der Waals surface area contributed by atoms with E-state index in [-0.39, 0.29) is 5.91 Å². The summed E-state index contributed by atoms with van der Waals surface area (Å²) >= 11 is 12.1. The number of rotatable bonds is 3. The highest BCUT2D eigenvalue weighted by atomic mass is 35.5. The van der Waals surface area contributed by atoms with Crippen molar-refractivity contribution < 1.29 is 4.79 Å². The van der Waals surface area contributed by atoms with Gasteiger partial charge in [0.25, 0.3) is 0 Å². The first-order valence-electron chi connectivity index (χ1n) is 7.17. The summed E-state index contributed by atoms with van der Waals surface area (Å²) in [6.07, 6.45) is 8.21. The summed E-state index contributed by atoms with van der Waals surface area (Å²) in [4.78, 5) is 12.3. The Morgan fingerprint density at radius 2 is 2.05 bits per heavy atom. The van der Waals surface area contributed by atoms with E-state index in [1.54, 1.807) is 13.1 Å². The number of amides is 1. The Bertz CT molecular complexity index is 522. The van der Waals surface area contributed by atoms with E-state index in [4.69, 9.17) is 23.2 Å². The molecule has 0 aliphatic heterocycles. The van der Waals surface area contributed by atoms with Gasteiger partial charge < -0.3 is 5.32 Å². The first-order chi connectivity index (χ1) is 9.44. The van der Waals surface area contributed by atoms with E-state index in [1.165, 1.54) is 19.3 Å². The molecular formula is C14H19Cl2N3O. The molecule has 2 fully saturated rings. The van der Waals surface area contributed by atoms with Gasteiger partial charge in [-0.2, -0.15) is 5.10 Å². The summed E-state index contributed by atoms with van der Waals surface area (Å²) in [5, 5.41) is 7.31. The lowest BCUT2D eigenvalue weighted by molar-refractivity contribution is -0.120. The molecule has 1 aromatic heterocycles. The SMILES string of the molecule is CC1(C(=O)Nc2ccnn2C2CCCCC2)CC1(Cl)Cl. The first kappa shape index (κ1) is 14.2. The van der Waals surface area contributed by atoms with Gasteiger partial charge in [0.15, 0.2) is 0 Å². The van der Waals surface area contributed by atoms with Crippen LogP contribution in [0.25, 0.3) is 0 Å². The van der Waals surface area contributed by atoms with Crippen LogP contribution in [-0.4, -0.2) is 20.0 Å². The highest BCUT2D eigenvalue weighted by molar-refractivity contribution is 6.53. The Morgan fingerprint density at radius 1 is 1.40 bits per heavy atom. The number of nitrogens with zero attached hydrogens (tertiary/aromatic N) is 2. The van der Waals surface area contributed by atoms with Crippen molar-refractivity contribution in [2.45, 2.75) is 55.8 Å². The smallest absolute Gasteiger partial charge is 0.234 e. The topological polar surface area (TPSA) is 46.9 Å². The van der Waals surface area contributed by atoms with Gasteiger partial charge in [0.05, 0.1) is 17.7 Å². The minimum atomic E-state index is -0.938. The van der Waals surface area contributed by atoms with Crippen molar-refractivity contribution in [2.24, 2.45) is 5.41 Å². The quantitative estimate of drug-likeness (QED) is 0.859. The Kier molecular flexibility index (Phi) is 3.49. The molecule has 1 amide bonds. The molecule has 0 aromatic carbocycles. The zero-order valence-corrected chi connectivity index (χ0v) is 13.0. The van der Waals surface area contributed by atoms with Crippen LogP contribution in [0.2, 0.25) is 0 Å². The highest BCUT2D eigenvalue weighted by Gasteiger charge is 2.68. The summed E-state index contributed by atoms with van der Waals surface area (Å²) in [6.45, 7) is 1.80. The lowest BCUT2D eigenvalue weighted by Gasteiger charge is -2.24. The van der Waals surface area contributed by atoms with E-state index in [9.17, 15) is 4.79 Å². The third-order valence-corrected chi connectivity index (χ3v) is 5.69. The van der Waals surface area contributed by atoms with Crippen LogP contribution in [0.5, 0.6) is 0 Å². The summed E-state index contributed by atoms with van der Waals surface area (Å²) < 4.78 is 1.000. The summed E-state index contributed by atoms with van der Waals surface area (Å²) in [5.41, 5.74) is -0.697. The molecule has 2 aliphatic rings. The number of anilines is 1. The van der Waals surface area contributed by atoms with Gasteiger partial charge in [-0.15, -0.1) is 23.2 Å². The van der Waals surface area contributed by atoms with Crippen LogP contribution in [0.4, 0.5) is 5.82 Å². The number of hydrogen-bond donors (Lipinski definition) is 1. The maximum atomic E-state index is 12.3. The average molecular weight is 316 g/mol. The van der Waals surface area contributed by atoms with Gasteiger partial charge in [-0.05, 0) is 26.2 Å². The molecule has 0 saturated heterocycles. The molecule has 4 nitrogen and oxygen atoms in total. The van der Waals surface area contributed by atoms with E-state index in [2.05, 4.69) is 10.4 Å². The van der Waals surface area contributed by atoms with Crippen molar-refractivity contribution in [3.63, 3.8) is 0 Å². The summed E-state index contributed by atoms with van der Waals surface area (Å²) in [5.74, 6) is 0.624. The lowest BCUT2D eigenvalue weighted by atomic mass is 9.96. The largest absolute Gasteiger partial charge is 0.310 e. The van der Waals surface area contributed by atoms with Gasteiger partial charge in [0.2, 0.25) is 5.91 Å². The van der Waals surface area contributed by atoms with Crippen molar-refractivity contribution >= 4 is 34.9 Å². The van der Waals surface area contributed by atoms with Crippen molar-refractivity contribution in [1.29, 1.82) is 0 Å². The molecule has 0 spiro atoms. The van der Waals surface area contributed by atoms with E-state index in [1.807, 2.05) is 10.7 Å². The molecule has 2 aliphatic carbocycles. The zero-order chi connectivity index (χ0) is 14.4. The van der Waals surface area contributed by atoms with Gasteiger partial charge in [-0.3, -0.25) is 4.79 Å². The maximum Gasteiger partial charge on any atom is 0.234 e. The predicted molar refractivity (Wildman–Crippen MR) is 80.1 cm³/mol. The number of alkyl halides is 2. The fourth-order valence-electron chi connectivity index (χ4n) is 2.93. The Labute approximate surface area is 128 Å². The first-order valence-corrected chi connectivity index (χ1v) is 7.92. The molecule has 0 bridgehead atoms. The molecule has 3 rings (SSSR count). The summed E-state index contributed by atoms with van der Waals surface area (Å²) in [6, 6.07) is 2.22. The van der Waals surface area contributed by atoms with Gasteiger partial charge in [0, 0.05) is 6.07 Å². The molecule has 1 unspecified atom stereocenters. The lowest BCUT2D eigenvalue weighted by Crippen LogP contribution is -2.28. The summed E-state index contributed by atoms with van der Waals surface area (Å²) in [7, 11) is 0. The van der Waals surface area contributed by atoms with Crippen LogP contribution in [0.15, 0.2) is 12.3 Å². The highest BCUT2D eigenvalue weighted by Crippen LogP contribution is 2.64. The van der Waals surface area contributed by atoms with E-state index in [0.717, 1.165) is 18.7 Å². The molecular weight excluding hydrogens is 297 g/mol. The second-order valence-electron chi connectivity index (χ2n) is 6.12. The Hall–Kier alpha value is -0.740. The monoisotopic (exact) mass is 315 g/mol. The molecule has 6 heteroatoms. The fraction of sp³-hybridized carbons (Fsp3) is 0.714. The predicted octanol–water partition coefficient (Wildman–Crippen LogP) is 3.91. The van der Waals surface area contributed by atoms with Crippen molar-refractivity contribution in [2.75, 3.05) is 5.32 Å². The molecule has 1 heterocycles. The number of halogens is 2. The van der Waals surface area contributed by atoms with E-state index in [0.29, 0.717) is 12.5 Å². The van der Waals surface area contributed by atoms with Crippen LogP contribution in [0.3, 0.4) is 0 Å². The van der Waals surface area contributed by atoms with E-state index >= 15 is 0 Å². The number of carbonyl (C=O) groups excluding carboxylic acids is 1.